The molecule has 0 fully saturated rings. The van der Waals surface area contributed by atoms with E-state index in [2.05, 4.69) is 31.4 Å². The lowest BCUT2D eigenvalue weighted by Gasteiger charge is -2.12. The predicted octanol–water partition coefficient (Wildman–Crippen LogP) is 3.32. The Morgan fingerprint density at radius 3 is 2.31 bits per heavy atom. The van der Waals surface area contributed by atoms with Crippen molar-refractivity contribution >= 4 is 50.1 Å². The average Bonchev–Trinajstić information content (AvgIpc) is 3.25. The number of carbonyl (C=O) groups is 3. The molecule has 3 amide bonds. The smallest absolute Gasteiger partial charge is 0.261 e. The lowest BCUT2D eigenvalue weighted by molar-refractivity contribution is -0.115. The van der Waals surface area contributed by atoms with Gasteiger partial charge in [-0.05, 0) is 29.8 Å². The topological polar surface area (TPSA) is 92.3 Å². The molecule has 0 aliphatic carbocycles. The summed E-state index contributed by atoms with van der Waals surface area (Å²) in [5.41, 5.74) is 1.74. The van der Waals surface area contributed by atoms with E-state index < -0.39 is 0 Å². The van der Waals surface area contributed by atoms with Crippen LogP contribution in [0.5, 0.6) is 0 Å². The second-order valence-electron chi connectivity index (χ2n) is 6.41. The van der Waals surface area contributed by atoms with Crippen molar-refractivity contribution in [3.05, 3.63) is 74.7 Å². The van der Waals surface area contributed by atoms with Crippen molar-refractivity contribution in [2.75, 3.05) is 11.9 Å². The number of fused-ring (bicyclic) bond motifs is 1. The van der Waals surface area contributed by atoms with Crippen LogP contribution in [0.3, 0.4) is 0 Å². The first-order valence-electron chi connectivity index (χ1n) is 8.83. The van der Waals surface area contributed by atoms with Crippen LogP contribution in [-0.2, 0) is 17.6 Å². The minimum Gasteiger partial charge on any atom is -0.300 e. The van der Waals surface area contributed by atoms with Gasteiger partial charge in [0.1, 0.15) is 5.01 Å². The summed E-state index contributed by atoms with van der Waals surface area (Å²) >= 11 is 4.59. The minimum atomic E-state index is -0.293. The number of hydrogen-bond donors (Lipinski definition) is 1. The molecule has 0 saturated heterocycles. The fourth-order valence-corrected chi connectivity index (χ4v) is 4.01. The zero-order valence-corrected chi connectivity index (χ0v) is 17.5. The van der Waals surface area contributed by atoms with E-state index in [1.54, 1.807) is 24.3 Å². The van der Waals surface area contributed by atoms with Crippen LogP contribution in [0, 0.1) is 0 Å². The molecule has 1 aliphatic rings. The average molecular weight is 471 g/mol. The molecule has 0 unspecified atom stereocenters. The number of aromatic nitrogens is 2. The summed E-state index contributed by atoms with van der Waals surface area (Å²) in [4.78, 5) is 38.2. The molecule has 1 N–H and O–H groups in total. The molecule has 3 aromatic rings. The number of nitrogens with one attached hydrogen (secondary N) is 1. The van der Waals surface area contributed by atoms with Gasteiger partial charge in [0.15, 0.2) is 0 Å². The molecule has 0 bridgehead atoms. The Balaban J connectivity index is 1.33. The Labute approximate surface area is 178 Å². The molecule has 2 heterocycles. The molecule has 0 radical (unpaired) electrons. The number of halogens is 1. The van der Waals surface area contributed by atoms with E-state index in [-0.39, 0.29) is 30.7 Å². The molecule has 9 heteroatoms. The van der Waals surface area contributed by atoms with Gasteiger partial charge < -0.3 is 5.32 Å². The Kier molecular flexibility index (Phi) is 5.50. The van der Waals surface area contributed by atoms with Gasteiger partial charge in [0, 0.05) is 17.4 Å². The first-order chi connectivity index (χ1) is 14.0. The summed E-state index contributed by atoms with van der Waals surface area (Å²) in [6.07, 6.45) is 0.614. The number of anilines is 1. The molecule has 0 atom stereocenters. The Hall–Kier alpha value is -2.91. The quantitative estimate of drug-likeness (QED) is 0.557. The van der Waals surface area contributed by atoms with Crippen LogP contribution in [0.1, 0.15) is 31.3 Å². The van der Waals surface area contributed by atoms with E-state index in [9.17, 15) is 14.4 Å². The van der Waals surface area contributed by atoms with Crippen molar-refractivity contribution < 1.29 is 14.4 Å². The Morgan fingerprint density at radius 2 is 1.66 bits per heavy atom. The van der Waals surface area contributed by atoms with Crippen molar-refractivity contribution in [1.29, 1.82) is 0 Å². The molecular weight excluding hydrogens is 456 g/mol. The number of benzene rings is 2. The molecule has 1 aliphatic heterocycles. The summed E-state index contributed by atoms with van der Waals surface area (Å²) in [5.74, 6) is -0.772. The van der Waals surface area contributed by atoms with Crippen LogP contribution in [-0.4, -0.2) is 39.4 Å². The summed E-state index contributed by atoms with van der Waals surface area (Å²) in [6.45, 7) is 0.216. The predicted molar refractivity (Wildman–Crippen MR) is 112 cm³/mol. The Bertz CT molecular complexity index is 1060. The highest BCUT2D eigenvalue weighted by molar-refractivity contribution is 9.10. The number of rotatable bonds is 6. The molecule has 0 spiro atoms. The van der Waals surface area contributed by atoms with Crippen LogP contribution >= 0.6 is 27.3 Å². The number of imide groups is 1. The SMILES string of the molecule is O=C(Cc1ccc(Br)cc1)Nc1nnc(CCN2C(=O)c3ccccc3C2=O)s1. The van der Waals surface area contributed by atoms with Gasteiger partial charge in [-0.25, -0.2) is 0 Å². The lowest BCUT2D eigenvalue weighted by Crippen LogP contribution is -2.31. The summed E-state index contributed by atoms with van der Waals surface area (Å²) in [5, 5.41) is 11.8. The first-order valence-corrected chi connectivity index (χ1v) is 10.4. The van der Waals surface area contributed by atoms with Crippen molar-refractivity contribution in [2.45, 2.75) is 12.8 Å². The zero-order chi connectivity index (χ0) is 20.4. The summed E-state index contributed by atoms with van der Waals surface area (Å²) in [7, 11) is 0. The Morgan fingerprint density at radius 1 is 1.00 bits per heavy atom. The fraction of sp³-hybridized carbons (Fsp3) is 0.150. The van der Waals surface area contributed by atoms with Crippen molar-refractivity contribution in [3.63, 3.8) is 0 Å². The van der Waals surface area contributed by atoms with Crippen LogP contribution in [0.15, 0.2) is 53.0 Å². The monoisotopic (exact) mass is 470 g/mol. The van der Waals surface area contributed by atoms with E-state index in [0.717, 1.165) is 10.0 Å². The van der Waals surface area contributed by atoms with Crippen LogP contribution in [0.25, 0.3) is 0 Å². The number of amides is 3. The van der Waals surface area contributed by atoms with Gasteiger partial charge >= 0.3 is 0 Å². The minimum absolute atomic E-state index is 0.185. The van der Waals surface area contributed by atoms with Gasteiger partial charge in [-0.1, -0.05) is 51.5 Å². The molecule has 1 aromatic heterocycles. The maximum atomic E-state index is 12.4. The van der Waals surface area contributed by atoms with Gasteiger partial charge in [0.05, 0.1) is 17.5 Å². The summed E-state index contributed by atoms with van der Waals surface area (Å²) < 4.78 is 0.952. The molecule has 4 rings (SSSR count). The zero-order valence-electron chi connectivity index (χ0n) is 15.1. The normalized spacial score (nSPS) is 12.9. The van der Waals surface area contributed by atoms with Gasteiger partial charge in [-0.3, -0.25) is 19.3 Å². The van der Waals surface area contributed by atoms with Crippen LogP contribution in [0.2, 0.25) is 0 Å². The highest BCUT2D eigenvalue weighted by Gasteiger charge is 2.34. The maximum absolute atomic E-state index is 12.4. The largest absolute Gasteiger partial charge is 0.300 e. The van der Waals surface area contributed by atoms with E-state index in [1.165, 1.54) is 16.2 Å². The van der Waals surface area contributed by atoms with E-state index in [0.29, 0.717) is 27.7 Å². The third-order valence-electron chi connectivity index (χ3n) is 4.42. The van der Waals surface area contributed by atoms with Crippen molar-refractivity contribution in [2.24, 2.45) is 0 Å². The van der Waals surface area contributed by atoms with Gasteiger partial charge in [-0.2, -0.15) is 0 Å². The molecular formula is C20H15BrN4O3S. The third-order valence-corrected chi connectivity index (χ3v) is 5.85. The van der Waals surface area contributed by atoms with Gasteiger partial charge in [0.2, 0.25) is 11.0 Å². The fourth-order valence-electron chi connectivity index (χ4n) is 3.01. The number of carbonyl (C=O) groups excluding carboxylic acids is 3. The maximum Gasteiger partial charge on any atom is 0.261 e. The van der Waals surface area contributed by atoms with E-state index in [4.69, 9.17) is 0 Å². The molecule has 146 valence electrons. The molecule has 7 nitrogen and oxygen atoms in total. The van der Waals surface area contributed by atoms with E-state index >= 15 is 0 Å². The van der Waals surface area contributed by atoms with Crippen molar-refractivity contribution in [3.8, 4) is 0 Å². The van der Waals surface area contributed by atoms with E-state index in [1.807, 2.05) is 24.3 Å². The molecule has 29 heavy (non-hydrogen) atoms. The number of nitrogens with zero attached hydrogens (tertiary/aromatic N) is 3. The lowest BCUT2D eigenvalue weighted by atomic mass is 10.1. The first kappa shape index (κ1) is 19.4. The highest BCUT2D eigenvalue weighted by atomic mass is 79.9. The summed E-state index contributed by atoms with van der Waals surface area (Å²) in [6, 6.07) is 14.3. The second kappa shape index (κ2) is 8.22. The van der Waals surface area contributed by atoms with Crippen molar-refractivity contribution in [1.82, 2.24) is 15.1 Å². The second-order valence-corrected chi connectivity index (χ2v) is 8.39. The van der Waals surface area contributed by atoms with Crippen LogP contribution < -0.4 is 5.32 Å². The van der Waals surface area contributed by atoms with Gasteiger partial charge in [0.25, 0.3) is 11.8 Å². The van der Waals surface area contributed by atoms with Crippen LogP contribution in [0.4, 0.5) is 5.13 Å². The highest BCUT2D eigenvalue weighted by Crippen LogP contribution is 2.23. The van der Waals surface area contributed by atoms with Gasteiger partial charge in [-0.15, -0.1) is 10.2 Å². The number of hydrogen-bond acceptors (Lipinski definition) is 6. The molecule has 2 aromatic carbocycles. The standard InChI is InChI=1S/C20H15BrN4O3S/c21-13-7-5-12(6-8-13)11-16(26)22-20-24-23-17(29-20)9-10-25-18(27)14-3-1-2-4-15(14)19(25)28/h1-8H,9-11H2,(H,22,24,26). The molecule has 0 saturated carbocycles. The third kappa shape index (κ3) is 4.25.